The Hall–Kier alpha value is -1.16. The summed E-state index contributed by atoms with van der Waals surface area (Å²) in [6, 6.07) is 7.47. The van der Waals surface area contributed by atoms with Crippen molar-refractivity contribution in [1.82, 2.24) is 18.8 Å². The average molecular weight is 419 g/mol. The van der Waals surface area contributed by atoms with Crippen molar-refractivity contribution in [3.05, 3.63) is 34.3 Å². The summed E-state index contributed by atoms with van der Waals surface area (Å²) in [5.74, 6) is 0. The van der Waals surface area contributed by atoms with Crippen LogP contribution in [0.3, 0.4) is 0 Å². The molecule has 1 aliphatic heterocycles. The molecule has 1 aliphatic rings. The number of rotatable bonds is 4. The Kier molecular flexibility index (Phi) is 6.24. The molecule has 0 unspecified atom stereocenters. The molecule has 2 amide bonds. The van der Waals surface area contributed by atoms with E-state index >= 15 is 0 Å². The van der Waals surface area contributed by atoms with Crippen LogP contribution in [0.15, 0.2) is 28.7 Å². The number of piperazine rings is 1. The van der Waals surface area contributed by atoms with Gasteiger partial charge >= 0.3 is 6.03 Å². The molecule has 1 aromatic carbocycles. The molecule has 1 aromatic rings. The third kappa shape index (κ3) is 4.47. The van der Waals surface area contributed by atoms with Crippen LogP contribution in [0.5, 0.6) is 0 Å². The number of nitrogens with zero attached hydrogens (tertiary/aromatic N) is 3. The molecule has 1 saturated heterocycles. The van der Waals surface area contributed by atoms with Crippen LogP contribution >= 0.6 is 15.9 Å². The zero-order valence-electron chi connectivity index (χ0n) is 14.1. The lowest BCUT2D eigenvalue weighted by molar-refractivity contribution is 0.167. The van der Waals surface area contributed by atoms with Crippen molar-refractivity contribution < 1.29 is 13.2 Å². The standard InChI is InChI=1S/C15H23BrN4O3S/c1-12(13-5-4-6-14(16)11-13)17-15(21)19-7-9-20(10-8-19)24(22,23)18(2)3/h4-6,11-12H,7-10H2,1-3H3,(H,17,21)/t12-/m0/s1. The van der Waals surface area contributed by atoms with Crippen LogP contribution in [-0.2, 0) is 10.2 Å². The minimum atomic E-state index is -3.42. The summed E-state index contributed by atoms with van der Waals surface area (Å²) in [7, 11) is -0.401. The van der Waals surface area contributed by atoms with Crippen molar-refractivity contribution in [2.45, 2.75) is 13.0 Å². The summed E-state index contributed by atoms with van der Waals surface area (Å²) in [5, 5.41) is 2.96. The van der Waals surface area contributed by atoms with Crippen LogP contribution in [0.4, 0.5) is 4.79 Å². The first kappa shape index (κ1) is 19.2. The van der Waals surface area contributed by atoms with Crippen LogP contribution in [0.1, 0.15) is 18.5 Å². The first-order valence-corrected chi connectivity index (χ1v) is 9.89. The maximum Gasteiger partial charge on any atom is 0.317 e. The molecule has 24 heavy (non-hydrogen) atoms. The zero-order valence-corrected chi connectivity index (χ0v) is 16.5. The second kappa shape index (κ2) is 7.81. The van der Waals surface area contributed by atoms with Gasteiger partial charge in [-0.3, -0.25) is 0 Å². The third-order valence-electron chi connectivity index (χ3n) is 4.00. The number of hydrogen-bond donors (Lipinski definition) is 1. The van der Waals surface area contributed by atoms with Gasteiger partial charge in [0.15, 0.2) is 0 Å². The van der Waals surface area contributed by atoms with Crippen molar-refractivity contribution in [3.63, 3.8) is 0 Å². The van der Waals surface area contributed by atoms with Crippen molar-refractivity contribution in [3.8, 4) is 0 Å². The highest BCUT2D eigenvalue weighted by Crippen LogP contribution is 2.18. The van der Waals surface area contributed by atoms with Gasteiger partial charge in [-0.15, -0.1) is 0 Å². The quantitative estimate of drug-likeness (QED) is 0.807. The molecule has 0 bridgehead atoms. The zero-order chi connectivity index (χ0) is 17.9. The number of urea groups is 1. The molecule has 0 radical (unpaired) electrons. The lowest BCUT2D eigenvalue weighted by Crippen LogP contribution is -2.55. The van der Waals surface area contributed by atoms with Crippen molar-refractivity contribution in [1.29, 1.82) is 0 Å². The normalized spacial score (nSPS) is 17.8. The molecule has 0 spiro atoms. The Bertz CT molecular complexity index is 688. The van der Waals surface area contributed by atoms with Gasteiger partial charge in [-0.1, -0.05) is 28.1 Å². The molecule has 1 heterocycles. The minimum Gasteiger partial charge on any atom is -0.331 e. The summed E-state index contributed by atoms with van der Waals surface area (Å²) in [6.07, 6.45) is 0. The highest BCUT2D eigenvalue weighted by molar-refractivity contribution is 9.10. The smallest absolute Gasteiger partial charge is 0.317 e. The molecule has 0 aliphatic carbocycles. The molecule has 0 aromatic heterocycles. The van der Waals surface area contributed by atoms with Gasteiger partial charge in [0.1, 0.15) is 0 Å². The monoisotopic (exact) mass is 418 g/mol. The second-order valence-electron chi connectivity index (χ2n) is 5.90. The van der Waals surface area contributed by atoms with E-state index in [0.29, 0.717) is 26.2 Å². The third-order valence-corrected chi connectivity index (χ3v) is 6.44. The molecule has 2 rings (SSSR count). The summed E-state index contributed by atoms with van der Waals surface area (Å²) >= 11 is 3.42. The van der Waals surface area contributed by atoms with E-state index in [1.165, 1.54) is 22.7 Å². The summed E-state index contributed by atoms with van der Waals surface area (Å²) in [6.45, 7) is 3.29. The van der Waals surface area contributed by atoms with E-state index in [2.05, 4.69) is 21.2 Å². The number of nitrogens with one attached hydrogen (secondary N) is 1. The van der Waals surface area contributed by atoms with Gasteiger partial charge in [0.05, 0.1) is 6.04 Å². The van der Waals surface area contributed by atoms with Crippen molar-refractivity contribution in [2.24, 2.45) is 0 Å². The van der Waals surface area contributed by atoms with Gasteiger partial charge in [0, 0.05) is 44.7 Å². The Balaban J connectivity index is 1.91. The lowest BCUT2D eigenvalue weighted by Gasteiger charge is -2.35. The van der Waals surface area contributed by atoms with E-state index in [1.54, 1.807) is 4.90 Å². The predicted molar refractivity (Wildman–Crippen MR) is 96.8 cm³/mol. The SMILES string of the molecule is C[C@H](NC(=O)N1CCN(S(=O)(=O)N(C)C)CC1)c1cccc(Br)c1. The highest BCUT2D eigenvalue weighted by atomic mass is 79.9. The Morgan fingerprint density at radius 1 is 1.25 bits per heavy atom. The summed E-state index contributed by atoms with van der Waals surface area (Å²) in [5.41, 5.74) is 1.01. The van der Waals surface area contributed by atoms with E-state index in [1.807, 2.05) is 31.2 Å². The topological polar surface area (TPSA) is 73.0 Å². The van der Waals surface area contributed by atoms with Gasteiger partial charge in [0.2, 0.25) is 0 Å². The van der Waals surface area contributed by atoms with Crippen molar-refractivity contribution in [2.75, 3.05) is 40.3 Å². The first-order valence-electron chi connectivity index (χ1n) is 7.70. The second-order valence-corrected chi connectivity index (χ2v) is 8.96. The first-order chi connectivity index (χ1) is 11.2. The van der Waals surface area contributed by atoms with Crippen LogP contribution in [0, 0.1) is 0 Å². The summed E-state index contributed by atoms with van der Waals surface area (Å²) in [4.78, 5) is 14.0. The van der Waals surface area contributed by atoms with Crippen LogP contribution in [-0.4, -0.2) is 68.2 Å². The molecular formula is C15H23BrN4O3S. The Labute approximate surface area is 151 Å². The van der Waals surface area contributed by atoms with Gasteiger partial charge in [0.25, 0.3) is 10.2 Å². The van der Waals surface area contributed by atoms with E-state index in [-0.39, 0.29) is 12.1 Å². The maximum atomic E-state index is 12.4. The average Bonchev–Trinajstić information content (AvgIpc) is 2.54. The van der Waals surface area contributed by atoms with E-state index in [0.717, 1.165) is 10.0 Å². The Morgan fingerprint density at radius 3 is 2.42 bits per heavy atom. The lowest BCUT2D eigenvalue weighted by atomic mass is 10.1. The van der Waals surface area contributed by atoms with Gasteiger partial charge in [-0.05, 0) is 24.6 Å². The summed E-state index contributed by atoms with van der Waals surface area (Å²) < 4.78 is 27.7. The van der Waals surface area contributed by atoms with Crippen molar-refractivity contribution >= 4 is 32.2 Å². The molecule has 1 N–H and O–H groups in total. The van der Waals surface area contributed by atoms with Crippen LogP contribution < -0.4 is 5.32 Å². The van der Waals surface area contributed by atoms with E-state index in [9.17, 15) is 13.2 Å². The molecule has 0 saturated carbocycles. The largest absolute Gasteiger partial charge is 0.331 e. The number of amides is 2. The van der Waals surface area contributed by atoms with E-state index < -0.39 is 10.2 Å². The molecule has 1 atom stereocenters. The van der Waals surface area contributed by atoms with Gasteiger partial charge < -0.3 is 10.2 Å². The molecule has 1 fully saturated rings. The number of carbonyl (C=O) groups is 1. The van der Waals surface area contributed by atoms with Gasteiger partial charge in [-0.2, -0.15) is 17.0 Å². The minimum absolute atomic E-state index is 0.126. The fraction of sp³-hybridized carbons (Fsp3) is 0.533. The fourth-order valence-electron chi connectivity index (χ4n) is 2.49. The highest BCUT2D eigenvalue weighted by Gasteiger charge is 2.30. The molecular weight excluding hydrogens is 396 g/mol. The number of carbonyl (C=O) groups excluding carboxylic acids is 1. The van der Waals surface area contributed by atoms with E-state index in [4.69, 9.17) is 0 Å². The molecule has 7 nitrogen and oxygen atoms in total. The fourth-order valence-corrected chi connectivity index (χ4v) is 3.99. The van der Waals surface area contributed by atoms with Crippen LogP contribution in [0.2, 0.25) is 0 Å². The molecule has 9 heteroatoms. The number of hydrogen-bond acceptors (Lipinski definition) is 3. The maximum absolute atomic E-state index is 12.4. The molecule has 134 valence electrons. The van der Waals surface area contributed by atoms with Gasteiger partial charge in [-0.25, -0.2) is 4.79 Å². The number of halogens is 1. The predicted octanol–water partition coefficient (Wildman–Crippen LogP) is 1.64. The number of benzene rings is 1. The van der Waals surface area contributed by atoms with Crippen LogP contribution in [0.25, 0.3) is 0 Å². The Morgan fingerprint density at radius 2 is 1.88 bits per heavy atom.